The molecule has 7 rings (SSSR count). The molecule has 1 aliphatic rings. The summed E-state index contributed by atoms with van der Waals surface area (Å²) in [5.41, 5.74) is 5.75. The van der Waals surface area contributed by atoms with Gasteiger partial charge in [-0.25, -0.2) is 23.4 Å². The van der Waals surface area contributed by atoms with Gasteiger partial charge in [0.2, 0.25) is 0 Å². The standard InChI is InChI=1S/C32H26F2N8O4S/c33-19-6-8-22(23(34)12-19)32(45,16-40-18-36-17-38-40)15-37-29(43)27-14-25-30(47-27)39-28(35)31(44)42(25)21-7-9-26-24(13-21)41(10-11-46-26)20-4-2-1-3-5-20/h1-9,12-14,17-18,45H,10-11,15-16H2,(H2,35,39)(H,37,43). The average Bonchev–Trinajstić information content (AvgIpc) is 3.74. The third kappa shape index (κ3) is 5.66. The number of nitrogen functional groups attached to an aromatic ring is 1. The number of nitrogens with one attached hydrogen (secondary N) is 1. The lowest BCUT2D eigenvalue weighted by Gasteiger charge is -2.31. The predicted octanol–water partition coefficient (Wildman–Crippen LogP) is 3.75. The van der Waals surface area contributed by atoms with Crippen LogP contribution in [0.4, 0.5) is 26.0 Å². The molecule has 1 atom stereocenters. The second-order valence-corrected chi connectivity index (χ2v) is 11.9. The maximum absolute atomic E-state index is 14.8. The Labute approximate surface area is 269 Å². The Hall–Kier alpha value is -5.67. The van der Waals surface area contributed by atoms with Crippen LogP contribution in [0.5, 0.6) is 5.75 Å². The largest absolute Gasteiger partial charge is 0.490 e. The van der Waals surface area contributed by atoms with E-state index in [1.165, 1.54) is 28.0 Å². The van der Waals surface area contributed by atoms with E-state index in [-0.39, 0.29) is 22.8 Å². The number of fused-ring (bicyclic) bond motifs is 2. The van der Waals surface area contributed by atoms with Crippen molar-refractivity contribution in [3.05, 3.63) is 118 Å². The normalized spacial score (nSPS) is 14.0. The number of halogens is 2. The fraction of sp³-hybridized carbons (Fsp3) is 0.156. The summed E-state index contributed by atoms with van der Waals surface area (Å²) in [4.78, 5) is 37.5. The van der Waals surface area contributed by atoms with Crippen molar-refractivity contribution in [2.24, 2.45) is 0 Å². The van der Waals surface area contributed by atoms with E-state index in [2.05, 4.69) is 25.3 Å². The Bertz CT molecular complexity index is 2170. The number of thiophene rings is 1. The van der Waals surface area contributed by atoms with Crippen molar-refractivity contribution in [3.8, 4) is 11.4 Å². The van der Waals surface area contributed by atoms with Crippen LogP contribution in [0.1, 0.15) is 15.2 Å². The van der Waals surface area contributed by atoms with E-state index in [4.69, 9.17) is 10.5 Å². The number of hydrogen-bond acceptors (Lipinski definition) is 10. The lowest BCUT2D eigenvalue weighted by Crippen LogP contribution is -2.44. The molecular formula is C32H26F2N8O4S. The second kappa shape index (κ2) is 11.9. The number of ether oxygens (including phenoxy) is 1. The summed E-state index contributed by atoms with van der Waals surface area (Å²) in [5, 5.41) is 18.2. The quantitative estimate of drug-likeness (QED) is 0.222. The van der Waals surface area contributed by atoms with Crippen LogP contribution in [0.3, 0.4) is 0 Å². The third-order valence-electron chi connectivity index (χ3n) is 7.80. The van der Waals surface area contributed by atoms with Crippen LogP contribution in [-0.2, 0) is 12.1 Å². The number of hydrogen-bond donors (Lipinski definition) is 3. The summed E-state index contributed by atoms with van der Waals surface area (Å²) in [6, 6.07) is 19.4. The first-order valence-electron chi connectivity index (χ1n) is 14.4. The van der Waals surface area contributed by atoms with Gasteiger partial charge < -0.3 is 25.8 Å². The number of benzene rings is 3. The molecule has 238 valence electrons. The monoisotopic (exact) mass is 656 g/mol. The summed E-state index contributed by atoms with van der Waals surface area (Å²) in [6.45, 7) is 0.322. The van der Waals surface area contributed by atoms with Gasteiger partial charge in [-0.05, 0) is 42.5 Å². The van der Waals surface area contributed by atoms with Crippen LogP contribution >= 0.6 is 11.3 Å². The van der Waals surface area contributed by atoms with Crippen LogP contribution < -0.4 is 26.2 Å². The van der Waals surface area contributed by atoms with Crippen molar-refractivity contribution in [1.82, 2.24) is 29.6 Å². The highest BCUT2D eigenvalue weighted by Gasteiger charge is 2.34. The van der Waals surface area contributed by atoms with Crippen molar-refractivity contribution in [2.75, 3.05) is 30.3 Å². The summed E-state index contributed by atoms with van der Waals surface area (Å²) in [6.07, 6.45) is 2.56. The minimum atomic E-state index is -2.03. The molecule has 0 aliphatic carbocycles. The van der Waals surface area contributed by atoms with Crippen LogP contribution in [-0.4, -0.2) is 55.0 Å². The van der Waals surface area contributed by atoms with Crippen molar-refractivity contribution >= 4 is 44.8 Å². The lowest BCUT2D eigenvalue weighted by molar-refractivity contribution is 0.0121. The lowest BCUT2D eigenvalue weighted by atomic mass is 9.92. The highest BCUT2D eigenvalue weighted by molar-refractivity contribution is 7.20. The average molecular weight is 657 g/mol. The molecule has 3 aromatic carbocycles. The third-order valence-corrected chi connectivity index (χ3v) is 8.82. The van der Waals surface area contributed by atoms with Gasteiger partial charge in [0.1, 0.15) is 47.1 Å². The maximum Gasteiger partial charge on any atom is 0.298 e. The van der Waals surface area contributed by atoms with Crippen molar-refractivity contribution in [1.29, 1.82) is 0 Å². The van der Waals surface area contributed by atoms with Gasteiger partial charge in [-0.1, -0.05) is 24.3 Å². The van der Waals surface area contributed by atoms with E-state index < -0.39 is 35.2 Å². The van der Waals surface area contributed by atoms with Crippen molar-refractivity contribution in [2.45, 2.75) is 12.1 Å². The van der Waals surface area contributed by atoms with E-state index in [1.807, 2.05) is 36.4 Å². The first-order chi connectivity index (χ1) is 22.7. The number of rotatable bonds is 8. The number of anilines is 3. The van der Waals surface area contributed by atoms with Crippen LogP contribution in [0.25, 0.3) is 16.0 Å². The number of para-hydroxylation sites is 1. The number of nitrogens with two attached hydrogens (primary N) is 1. The first-order valence-corrected chi connectivity index (χ1v) is 15.2. The molecule has 1 aliphatic heterocycles. The van der Waals surface area contributed by atoms with Gasteiger partial charge in [-0.3, -0.25) is 14.2 Å². The second-order valence-electron chi connectivity index (χ2n) is 10.9. The van der Waals surface area contributed by atoms with Crippen LogP contribution in [0, 0.1) is 11.6 Å². The molecule has 0 spiro atoms. The molecule has 15 heteroatoms. The topological polar surface area (TPSA) is 153 Å². The molecule has 3 aromatic heterocycles. The molecule has 0 saturated heterocycles. The molecule has 47 heavy (non-hydrogen) atoms. The molecule has 0 bridgehead atoms. The Morgan fingerprint density at radius 1 is 1.09 bits per heavy atom. The molecule has 1 unspecified atom stereocenters. The van der Waals surface area contributed by atoms with Gasteiger partial charge >= 0.3 is 0 Å². The highest BCUT2D eigenvalue weighted by atomic mass is 32.1. The number of aliphatic hydroxyl groups is 1. The zero-order valence-corrected chi connectivity index (χ0v) is 25.3. The van der Waals surface area contributed by atoms with E-state index in [9.17, 15) is 23.5 Å². The molecule has 0 fully saturated rings. The first kappa shape index (κ1) is 30.0. The fourth-order valence-electron chi connectivity index (χ4n) is 5.58. The summed E-state index contributed by atoms with van der Waals surface area (Å²) >= 11 is 0.989. The number of carbonyl (C=O) groups is 1. The van der Waals surface area contributed by atoms with Crippen LogP contribution in [0.2, 0.25) is 0 Å². The number of amides is 1. The van der Waals surface area contributed by atoms with Crippen LogP contribution in [0.15, 0.2) is 90.2 Å². The zero-order chi connectivity index (χ0) is 32.7. The van der Waals surface area contributed by atoms with E-state index >= 15 is 0 Å². The van der Waals surface area contributed by atoms with E-state index in [0.717, 1.165) is 34.8 Å². The maximum atomic E-state index is 14.8. The molecule has 0 saturated carbocycles. The number of aromatic nitrogens is 5. The minimum absolute atomic E-state index is 0.154. The highest BCUT2D eigenvalue weighted by Crippen LogP contribution is 2.38. The number of nitrogens with zero attached hydrogens (tertiary/aromatic N) is 6. The number of carbonyl (C=O) groups excluding carboxylic acids is 1. The van der Waals surface area contributed by atoms with Gasteiger partial charge in [0.25, 0.3) is 11.5 Å². The van der Waals surface area contributed by atoms with Crippen molar-refractivity contribution < 1.29 is 23.4 Å². The molecule has 0 radical (unpaired) electrons. The Morgan fingerprint density at radius 3 is 2.68 bits per heavy atom. The van der Waals surface area contributed by atoms with E-state index in [0.29, 0.717) is 41.0 Å². The van der Waals surface area contributed by atoms with Gasteiger partial charge in [-0.15, -0.1) is 11.3 Å². The zero-order valence-electron chi connectivity index (χ0n) is 24.5. The van der Waals surface area contributed by atoms with Gasteiger partial charge in [0.15, 0.2) is 5.82 Å². The Morgan fingerprint density at radius 2 is 1.91 bits per heavy atom. The molecule has 1 amide bonds. The fourth-order valence-corrected chi connectivity index (χ4v) is 6.52. The Balaban J connectivity index is 1.23. The molecule has 4 heterocycles. The van der Waals surface area contributed by atoms with Gasteiger partial charge in [0, 0.05) is 17.3 Å². The SMILES string of the molecule is Nc1nc2sc(C(=O)NCC(O)(Cn3cncn3)c3ccc(F)cc3F)cc2n(-c2ccc3c(c2)N(c2ccccc2)CCO3)c1=O. The Kier molecular flexibility index (Phi) is 7.61. The van der Waals surface area contributed by atoms with Gasteiger partial charge in [-0.2, -0.15) is 5.10 Å². The minimum Gasteiger partial charge on any atom is -0.490 e. The molecule has 4 N–H and O–H groups in total. The predicted molar refractivity (Wildman–Crippen MR) is 171 cm³/mol. The summed E-state index contributed by atoms with van der Waals surface area (Å²) in [7, 11) is 0. The summed E-state index contributed by atoms with van der Waals surface area (Å²) < 4.78 is 37.1. The molecular weight excluding hydrogens is 630 g/mol. The van der Waals surface area contributed by atoms with Gasteiger partial charge in [0.05, 0.1) is 41.4 Å². The smallest absolute Gasteiger partial charge is 0.298 e. The van der Waals surface area contributed by atoms with E-state index in [1.54, 1.807) is 12.1 Å². The molecule has 6 aromatic rings. The molecule has 12 nitrogen and oxygen atoms in total. The van der Waals surface area contributed by atoms with Crippen molar-refractivity contribution in [3.63, 3.8) is 0 Å². The summed E-state index contributed by atoms with van der Waals surface area (Å²) in [5.74, 6) is -2.04.